The molecule has 0 saturated heterocycles. The van der Waals surface area contributed by atoms with Gasteiger partial charge >= 0.3 is 0 Å². The quantitative estimate of drug-likeness (QED) is 0.470. The van der Waals surface area contributed by atoms with Crippen molar-refractivity contribution >= 4 is 21.6 Å². The Balaban J connectivity index is 1.68. The summed E-state index contributed by atoms with van der Waals surface area (Å²) in [6, 6.07) is 18.7. The van der Waals surface area contributed by atoms with E-state index in [1.165, 1.54) is 17.2 Å². The van der Waals surface area contributed by atoms with Crippen molar-refractivity contribution in [3.8, 4) is 0 Å². The lowest BCUT2D eigenvalue weighted by Gasteiger charge is -2.14. The molecule has 0 bridgehead atoms. The van der Waals surface area contributed by atoms with E-state index in [1.807, 2.05) is 32.0 Å². The normalized spacial score (nSPS) is 11.2. The van der Waals surface area contributed by atoms with Crippen LogP contribution < -0.4 is 10.0 Å². The molecule has 168 valence electrons. The fourth-order valence-corrected chi connectivity index (χ4v) is 4.93. The number of hydrogen-bond donors (Lipinski definition) is 2. The predicted molar refractivity (Wildman–Crippen MR) is 130 cm³/mol. The number of aryl methyl sites for hydroxylation is 5. The molecule has 0 aromatic heterocycles. The van der Waals surface area contributed by atoms with Crippen LogP contribution in [0.5, 0.6) is 0 Å². The molecule has 0 aliphatic heterocycles. The van der Waals surface area contributed by atoms with E-state index in [-0.39, 0.29) is 10.8 Å². The van der Waals surface area contributed by atoms with Crippen LogP contribution in [-0.4, -0.2) is 20.9 Å². The van der Waals surface area contributed by atoms with Crippen LogP contribution in [0.4, 0.5) is 5.69 Å². The van der Waals surface area contributed by atoms with Crippen molar-refractivity contribution in [3.63, 3.8) is 0 Å². The molecule has 0 heterocycles. The highest BCUT2D eigenvalue weighted by Gasteiger charge is 2.20. The third kappa shape index (κ3) is 5.98. The van der Waals surface area contributed by atoms with E-state index >= 15 is 0 Å². The summed E-state index contributed by atoms with van der Waals surface area (Å²) in [4.78, 5) is 12.7. The Labute approximate surface area is 190 Å². The van der Waals surface area contributed by atoms with Crippen molar-refractivity contribution in [2.45, 2.75) is 45.4 Å². The lowest BCUT2D eigenvalue weighted by atomic mass is 10.1. The summed E-state index contributed by atoms with van der Waals surface area (Å²) in [6.45, 7) is 8.06. The van der Waals surface area contributed by atoms with Gasteiger partial charge < -0.3 is 5.32 Å². The van der Waals surface area contributed by atoms with Gasteiger partial charge in [-0.1, -0.05) is 48.0 Å². The van der Waals surface area contributed by atoms with Gasteiger partial charge in [0.2, 0.25) is 0 Å². The summed E-state index contributed by atoms with van der Waals surface area (Å²) in [5, 5.41) is 2.89. The number of carbonyl (C=O) groups is 1. The zero-order valence-electron chi connectivity index (χ0n) is 19.0. The average molecular weight is 451 g/mol. The van der Waals surface area contributed by atoms with Gasteiger partial charge in [-0.05, 0) is 81.0 Å². The molecule has 0 aliphatic carbocycles. The lowest BCUT2D eigenvalue weighted by molar-refractivity contribution is 0.0953. The fraction of sp³-hybridized carbons (Fsp3) is 0.269. The van der Waals surface area contributed by atoms with Crippen molar-refractivity contribution < 1.29 is 13.2 Å². The van der Waals surface area contributed by atoms with E-state index in [0.29, 0.717) is 23.4 Å². The van der Waals surface area contributed by atoms with Crippen molar-refractivity contribution in [3.05, 3.63) is 94.0 Å². The van der Waals surface area contributed by atoms with Gasteiger partial charge in [0, 0.05) is 12.1 Å². The summed E-state index contributed by atoms with van der Waals surface area (Å²) in [6.07, 6.45) is 1.68. The van der Waals surface area contributed by atoms with Gasteiger partial charge in [0.1, 0.15) is 0 Å². The first-order valence-corrected chi connectivity index (χ1v) is 12.2. The highest BCUT2D eigenvalue weighted by atomic mass is 32.2. The second kappa shape index (κ2) is 10.0. The molecule has 1 amide bonds. The van der Waals surface area contributed by atoms with Crippen LogP contribution in [0.3, 0.4) is 0 Å². The Morgan fingerprint density at radius 1 is 0.844 bits per heavy atom. The van der Waals surface area contributed by atoms with Crippen LogP contribution in [0, 0.1) is 27.7 Å². The van der Waals surface area contributed by atoms with Gasteiger partial charge in [0.25, 0.3) is 15.9 Å². The summed E-state index contributed by atoms with van der Waals surface area (Å²) in [7, 11) is -3.83. The summed E-state index contributed by atoms with van der Waals surface area (Å²) >= 11 is 0. The number of carbonyl (C=O) groups excluding carboxylic acids is 1. The zero-order chi connectivity index (χ0) is 23.3. The molecule has 0 spiro atoms. The zero-order valence-corrected chi connectivity index (χ0v) is 19.8. The van der Waals surface area contributed by atoms with Gasteiger partial charge in [-0.2, -0.15) is 0 Å². The molecule has 3 aromatic carbocycles. The monoisotopic (exact) mass is 450 g/mol. The highest BCUT2D eigenvalue weighted by molar-refractivity contribution is 7.92. The molecule has 3 rings (SSSR count). The largest absolute Gasteiger partial charge is 0.352 e. The molecular formula is C26H30N2O3S. The maximum atomic E-state index is 13.1. The minimum absolute atomic E-state index is 0.103. The fourth-order valence-electron chi connectivity index (χ4n) is 3.54. The van der Waals surface area contributed by atoms with Gasteiger partial charge in [-0.3, -0.25) is 9.52 Å². The van der Waals surface area contributed by atoms with Crippen molar-refractivity contribution in [1.29, 1.82) is 0 Å². The number of amides is 1. The molecule has 0 unspecified atom stereocenters. The number of nitrogens with one attached hydrogen (secondary N) is 2. The van der Waals surface area contributed by atoms with Gasteiger partial charge in [-0.15, -0.1) is 0 Å². The topological polar surface area (TPSA) is 75.3 Å². The summed E-state index contributed by atoms with van der Waals surface area (Å²) in [5.74, 6) is -0.280. The number of hydrogen-bond acceptors (Lipinski definition) is 3. The van der Waals surface area contributed by atoms with E-state index in [4.69, 9.17) is 0 Å². The van der Waals surface area contributed by atoms with Gasteiger partial charge in [0.05, 0.1) is 10.6 Å². The first-order valence-electron chi connectivity index (χ1n) is 10.7. The molecule has 5 nitrogen and oxygen atoms in total. The van der Waals surface area contributed by atoms with Crippen LogP contribution in [0.2, 0.25) is 0 Å². The van der Waals surface area contributed by atoms with Crippen LogP contribution in [0.15, 0.2) is 65.6 Å². The van der Waals surface area contributed by atoms with Crippen LogP contribution in [-0.2, 0) is 16.4 Å². The maximum absolute atomic E-state index is 13.1. The highest BCUT2D eigenvalue weighted by Crippen LogP contribution is 2.24. The van der Waals surface area contributed by atoms with Gasteiger partial charge in [-0.25, -0.2) is 8.42 Å². The maximum Gasteiger partial charge on any atom is 0.262 e. The molecular weight excluding hydrogens is 420 g/mol. The molecule has 6 heteroatoms. The smallest absolute Gasteiger partial charge is 0.262 e. The molecule has 2 N–H and O–H groups in total. The second-order valence-electron chi connectivity index (χ2n) is 8.25. The predicted octanol–water partition coefficient (Wildman–Crippen LogP) is 5.08. The van der Waals surface area contributed by atoms with Crippen molar-refractivity contribution in [2.75, 3.05) is 11.3 Å². The van der Waals surface area contributed by atoms with Crippen molar-refractivity contribution in [1.82, 2.24) is 5.32 Å². The Kier molecular flexibility index (Phi) is 7.36. The molecule has 3 aromatic rings. The minimum Gasteiger partial charge on any atom is -0.352 e. The van der Waals surface area contributed by atoms with E-state index in [2.05, 4.69) is 35.2 Å². The van der Waals surface area contributed by atoms with Crippen LogP contribution >= 0.6 is 0 Å². The average Bonchev–Trinajstić information content (AvgIpc) is 2.74. The Morgan fingerprint density at radius 2 is 1.56 bits per heavy atom. The Morgan fingerprint density at radius 3 is 2.31 bits per heavy atom. The first-order chi connectivity index (χ1) is 15.2. The minimum atomic E-state index is -3.83. The third-order valence-electron chi connectivity index (χ3n) is 5.39. The number of rotatable bonds is 8. The van der Waals surface area contributed by atoms with E-state index in [9.17, 15) is 13.2 Å². The van der Waals surface area contributed by atoms with E-state index in [0.717, 1.165) is 24.0 Å². The van der Waals surface area contributed by atoms with Crippen LogP contribution in [0.25, 0.3) is 0 Å². The lowest BCUT2D eigenvalue weighted by Crippen LogP contribution is -2.25. The second-order valence-corrected chi connectivity index (χ2v) is 9.90. The first kappa shape index (κ1) is 23.5. The van der Waals surface area contributed by atoms with E-state index in [1.54, 1.807) is 25.1 Å². The number of anilines is 1. The Bertz CT molecular complexity index is 1230. The molecule has 32 heavy (non-hydrogen) atoms. The summed E-state index contributed by atoms with van der Waals surface area (Å²) in [5.41, 5.74) is 5.69. The SMILES string of the molecule is Cc1cccc(CCCNC(=O)c2ccc(C)c(S(=O)(=O)Nc3cc(C)ccc3C)c2)c1. The Hall–Kier alpha value is -3.12. The molecule has 0 radical (unpaired) electrons. The standard InChI is InChI=1S/C26H30N2O3S/c1-18-7-5-8-22(15-18)9-6-14-27-26(29)23-13-12-21(4)25(17-23)32(30,31)28-24-16-19(2)10-11-20(24)3/h5,7-8,10-13,15-17,28H,6,9,14H2,1-4H3,(H,27,29). The van der Waals surface area contributed by atoms with Gasteiger partial charge in [0.15, 0.2) is 0 Å². The third-order valence-corrected chi connectivity index (χ3v) is 6.90. The molecule has 0 atom stereocenters. The molecule has 0 aliphatic rings. The van der Waals surface area contributed by atoms with Crippen molar-refractivity contribution in [2.24, 2.45) is 0 Å². The summed E-state index contributed by atoms with van der Waals surface area (Å²) < 4.78 is 28.8. The number of sulfonamides is 1. The molecule has 0 saturated carbocycles. The van der Waals surface area contributed by atoms with Crippen LogP contribution in [0.1, 0.15) is 44.6 Å². The van der Waals surface area contributed by atoms with E-state index < -0.39 is 10.0 Å². The molecule has 0 fully saturated rings. The number of benzene rings is 3.